The second kappa shape index (κ2) is 9.71. The summed E-state index contributed by atoms with van der Waals surface area (Å²) in [6.45, 7) is 0.828. The van der Waals surface area contributed by atoms with Crippen LogP contribution >= 0.6 is 0 Å². The molecule has 2 aromatic carbocycles. The lowest BCUT2D eigenvalue weighted by Gasteiger charge is -2.28. The van der Waals surface area contributed by atoms with Gasteiger partial charge in [-0.25, -0.2) is 0 Å². The summed E-state index contributed by atoms with van der Waals surface area (Å²) >= 11 is 0. The fourth-order valence-electron chi connectivity index (χ4n) is 4.17. The Kier molecular flexibility index (Phi) is 6.17. The molecule has 34 heavy (non-hydrogen) atoms. The van der Waals surface area contributed by atoms with Crippen LogP contribution in [0.3, 0.4) is 0 Å². The molecule has 0 bridgehead atoms. The molecule has 0 radical (unpaired) electrons. The second-order valence-corrected chi connectivity index (χ2v) is 8.13. The van der Waals surface area contributed by atoms with E-state index in [9.17, 15) is 0 Å². The van der Waals surface area contributed by atoms with Gasteiger partial charge in [0, 0.05) is 24.5 Å². The SMILES string of the molecule is COc1cc(OC)cc(-c2ccc(C3=CC(C4=CC=CCN4)NC(c4ccccn4)=C3)cc2)c1. The maximum atomic E-state index is 5.44. The molecule has 170 valence electrons. The summed E-state index contributed by atoms with van der Waals surface area (Å²) in [5.41, 5.74) is 7.51. The summed E-state index contributed by atoms with van der Waals surface area (Å²) < 4.78 is 10.9. The lowest BCUT2D eigenvalue weighted by Crippen LogP contribution is -2.37. The van der Waals surface area contributed by atoms with Gasteiger partial charge in [0.2, 0.25) is 0 Å². The molecule has 1 unspecified atom stereocenters. The zero-order valence-electron chi connectivity index (χ0n) is 19.3. The maximum absolute atomic E-state index is 5.44. The quantitative estimate of drug-likeness (QED) is 0.541. The average molecular weight is 450 g/mol. The monoisotopic (exact) mass is 449 g/mol. The van der Waals surface area contributed by atoms with Gasteiger partial charge in [-0.15, -0.1) is 0 Å². The van der Waals surface area contributed by atoms with E-state index in [0.29, 0.717) is 0 Å². The van der Waals surface area contributed by atoms with Crippen molar-refractivity contribution >= 4 is 11.3 Å². The predicted octanol–water partition coefficient (Wildman–Crippen LogP) is 5.21. The number of hydrogen-bond donors (Lipinski definition) is 2. The molecule has 2 aliphatic heterocycles. The van der Waals surface area contributed by atoms with Crippen molar-refractivity contribution in [2.75, 3.05) is 20.8 Å². The Labute approximate surface area is 200 Å². The van der Waals surface area contributed by atoms with E-state index in [1.807, 2.05) is 42.6 Å². The van der Waals surface area contributed by atoms with Gasteiger partial charge in [-0.2, -0.15) is 0 Å². The van der Waals surface area contributed by atoms with Crippen molar-refractivity contribution < 1.29 is 9.47 Å². The average Bonchev–Trinajstić information content (AvgIpc) is 2.93. The smallest absolute Gasteiger partial charge is 0.123 e. The van der Waals surface area contributed by atoms with Crippen molar-refractivity contribution in [1.29, 1.82) is 0 Å². The summed E-state index contributed by atoms with van der Waals surface area (Å²) in [4.78, 5) is 4.56. The molecule has 0 fully saturated rings. The lowest BCUT2D eigenvalue weighted by molar-refractivity contribution is 0.394. The molecule has 3 heterocycles. The topological polar surface area (TPSA) is 55.4 Å². The van der Waals surface area contributed by atoms with Crippen LogP contribution in [0.15, 0.2) is 103 Å². The number of ether oxygens (including phenoxy) is 2. The number of methoxy groups -OCH3 is 2. The van der Waals surface area contributed by atoms with E-state index in [2.05, 4.69) is 70.3 Å². The van der Waals surface area contributed by atoms with Crippen LogP contribution in [0.1, 0.15) is 11.3 Å². The summed E-state index contributed by atoms with van der Waals surface area (Å²) in [5, 5.41) is 7.11. The minimum atomic E-state index is 0.0317. The van der Waals surface area contributed by atoms with Crippen LogP contribution in [0, 0.1) is 0 Å². The summed E-state index contributed by atoms with van der Waals surface area (Å²) in [7, 11) is 3.33. The van der Waals surface area contributed by atoms with Crippen LogP contribution in [-0.2, 0) is 0 Å². The third-order valence-corrected chi connectivity index (χ3v) is 5.97. The highest BCUT2D eigenvalue weighted by Crippen LogP contribution is 2.32. The van der Waals surface area contributed by atoms with E-state index < -0.39 is 0 Å². The Morgan fingerprint density at radius 1 is 0.882 bits per heavy atom. The molecule has 0 saturated carbocycles. The standard InChI is InChI=1S/C29H27N3O2/c1-33-24-15-22(16-25(19-24)34-2)20-9-11-21(12-10-20)23-17-28(26-7-3-5-13-30-26)32-29(18-23)27-8-4-6-14-31-27/h3-13,15-19,29,31-32H,14H2,1-2H3. The molecule has 5 rings (SSSR count). The number of allylic oxidation sites excluding steroid dienone is 4. The zero-order valence-corrected chi connectivity index (χ0v) is 19.3. The van der Waals surface area contributed by atoms with E-state index >= 15 is 0 Å². The van der Waals surface area contributed by atoms with Gasteiger partial charge in [0.15, 0.2) is 0 Å². The molecule has 3 aromatic rings. The number of aromatic nitrogens is 1. The number of dihydropyridines is 2. The molecule has 2 N–H and O–H groups in total. The van der Waals surface area contributed by atoms with E-state index in [-0.39, 0.29) is 6.04 Å². The molecule has 1 atom stereocenters. The first-order valence-electron chi connectivity index (χ1n) is 11.3. The molecule has 0 spiro atoms. The number of hydrogen-bond acceptors (Lipinski definition) is 5. The van der Waals surface area contributed by atoms with Crippen LogP contribution in [0.5, 0.6) is 11.5 Å². The van der Waals surface area contributed by atoms with Crippen molar-refractivity contribution in [2.24, 2.45) is 0 Å². The van der Waals surface area contributed by atoms with Gasteiger partial charge in [-0.05, 0) is 64.8 Å². The van der Waals surface area contributed by atoms with Crippen LogP contribution in [-0.4, -0.2) is 31.8 Å². The highest BCUT2D eigenvalue weighted by molar-refractivity contribution is 5.86. The van der Waals surface area contributed by atoms with E-state index in [1.54, 1.807) is 14.2 Å². The number of nitrogens with one attached hydrogen (secondary N) is 2. The number of nitrogens with zero attached hydrogens (tertiary/aromatic N) is 1. The molecule has 0 saturated heterocycles. The van der Waals surface area contributed by atoms with Crippen molar-refractivity contribution in [2.45, 2.75) is 6.04 Å². The van der Waals surface area contributed by atoms with Gasteiger partial charge in [0.25, 0.3) is 0 Å². The van der Waals surface area contributed by atoms with Crippen molar-refractivity contribution in [1.82, 2.24) is 15.6 Å². The third-order valence-electron chi connectivity index (χ3n) is 5.97. The Morgan fingerprint density at radius 3 is 2.29 bits per heavy atom. The Balaban J connectivity index is 1.50. The fourth-order valence-corrected chi connectivity index (χ4v) is 4.17. The maximum Gasteiger partial charge on any atom is 0.123 e. The van der Waals surface area contributed by atoms with Gasteiger partial charge >= 0.3 is 0 Å². The molecule has 0 amide bonds. The summed E-state index contributed by atoms with van der Waals surface area (Å²) in [5.74, 6) is 1.54. The van der Waals surface area contributed by atoms with Crippen molar-refractivity contribution in [3.63, 3.8) is 0 Å². The van der Waals surface area contributed by atoms with E-state index in [1.165, 1.54) is 0 Å². The lowest BCUT2D eigenvalue weighted by atomic mass is 9.94. The minimum Gasteiger partial charge on any atom is -0.497 e. The van der Waals surface area contributed by atoms with Gasteiger partial charge in [0.05, 0.1) is 31.7 Å². The molecule has 1 aromatic heterocycles. The molecular formula is C29H27N3O2. The van der Waals surface area contributed by atoms with Crippen molar-refractivity contribution in [3.8, 4) is 22.6 Å². The minimum absolute atomic E-state index is 0.0317. The summed E-state index contributed by atoms with van der Waals surface area (Å²) in [6.07, 6.45) is 12.6. The van der Waals surface area contributed by atoms with Gasteiger partial charge in [-0.1, -0.05) is 42.5 Å². The first-order valence-corrected chi connectivity index (χ1v) is 11.3. The fraction of sp³-hybridized carbons (Fsp3) is 0.138. The number of rotatable bonds is 6. The van der Waals surface area contributed by atoms with Gasteiger partial charge in [-0.3, -0.25) is 4.98 Å². The van der Waals surface area contributed by atoms with Crippen LogP contribution in [0.2, 0.25) is 0 Å². The van der Waals surface area contributed by atoms with Crippen LogP contribution in [0.25, 0.3) is 22.4 Å². The van der Waals surface area contributed by atoms with Crippen LogP contribution in [0.4, 0.5) is 0 Å². The number of benzene rings is 2. The Hall–Kier alpha value is -4.25. The van der Waals surface area contributed by atoms with E-state index in [4.69, 9.17) is 9.47 Å². The van der Waals surface area contributed by atoms with E-state index in [0.717, 1.165) is 57.4 Å². The molecular weight excluding hydrogens is 422 g/mol. The third kappa shape index (κ3) is 4.59. The highest BCUT2D eigenvalue weighted by Gasteiger charge is 2.20. The molecule has 2 aliphatic rings. The van der Waals surface area contributed by atoms with Crippen molar-refractivity contribution in [3.05, 3.63) is 114 Å². The predicted molar refractivity (Wildman–Crippen MR) is 137 cm³/mol. The second-order valence-electron chi connectivity index (χ2n) is 8.13. The Morgan fingerprint density at radius 2 is 1.65 bits per heavy atom. The van der Waals surface area contributed by atoms with Gasteiger partial charge < -0.3 is 20.1 Å². The molecule has 5 heteroatoms. The molecule has 5 nitrogen and oxygen atoms in total. The Bertz CT molecular complexity index is 1270. The zero-order chi connectivity index (χ0) is 23.3. The largest absolute Gasteiger partial charge is 0.497 e. The number of pyridine rings is 1. The first-order chi connectivity index (χ1) is 16.7. The first kappa shape index (κ1) is 21.6. The summed E-state index contributed by atoms with van der Waals surface area (Å²) in [6, 6.07) is 20.5. The van der Waals surface area contributed by atoms with Gasteiger partial charge in [0.1, 0.15) is 11.5 Å². The van der Waals surface area contributed by atoms with Crippen LogP contribution < -0.4 is 20.1 Å². The molecule has 0 aliphatic carbocycles. The normalized spacial score (nSPS) is 17.0. The highest BCUT2D eigenvalue weighted by atomic mass is 16.5.